The summed E-state index contributed by atoms with van der Waals surface area (Å²) in [7, 11) is -5.59. The standard InChI is InChI=1S/C35H56N6O10SSi2/c1-7-44-53(45-8-2,46-9-3)25-17-23-36-34(42)50-31-21-15-13-19-29(31)27-38-40-33(52)41-39-28-30-20-14-16-22-32(30)51-35(43)37-24-18-26-54(47-10-4,48-11-5)49-12-6/h13-16,19-22,27-28H,7-12,17-18,23-26H2,1-6H3,(H,36,42)(H,37,43)(H2,40,41,52)/b38-27+,39-28+. The van der Waals surface area contributed by atoms with Gasteiger partial charge >= 0.3 is 29.8 Å². The molecule has 54 heavy (non-hydrogen) atoms. The van der Waals surface area contributed by atoms with Crippen LogP contribution < -0.4 is 31.0 Å². The number of ether oxygens (including phenoxy) is 2. The SMILES string of the molecule is CCO[Si](CCCNC(=O)Oc1ccccc1/C=N/NC(=S)N/N=C/c1ccccc1OC(=O)NCCC[Si](OCC)(OCC)OCC)(OCC)OCC. The first-order valence-corrected chi connectivity index (χ1v) is 22.5. The second-order valence-electron chi connectivity index (χ2n) is 10.9. The summed E-state index contributed by atoms with van der Waals surface area (Å²) < 4.78 is 46.2. The highest BCUT2D eigenvalue weighted by Gasteiger charge is 2.40. The fraction of sp³-hybridized carbons (Fsp3) is 0.514. The van der Waals surface area contributed by atoms with E-state index < -0.39 is 29.8 Å². The summed E-state index contributed by atoms with van der Waals surface area (Å²) in [4.78, 5) is 25.1. The highest BCUT2D eigenvalue weighted by atomic mass is 32.1. The molecule has 0 bridgehead atoms. The van der Waals surface area contributed by atoms with Crippen molar-refractivity contribution in [3.05, 3.63) is 59.7 Å². The molecule has 0 heterocycles. The molecular weight excluding hydrogens is 753 g/mol. The van der Waals surface area contributed by atoms with Crippen LogP contribution in [-0.2, 0) is 26.6 Å². The van der Waals surface area contributed by atoms with Crippen molar-refractivity contribution in [1.82, 2.24) is 21.5 Å². The van der Waals surface area contributed by atoms with Crippen LogP contribution in [0.4, 0.5) is 9.59 Å². The Bertz CT molecular complexity index is 1340. The molecule has 300 valence electrons. The minimum absolute atomic E-state index is 0.0892. The molecule has 0 unspecified atom stereocenters. The Hall–Kier alpha value is -3.80. The maximum atomic E-state index is 12.6. The van der Waals surface area contributed by atoms with Gasteiger partial charge in [-0.25, -0.2) is 9.59 Å². The molecule has 0 aromatic heterocycles. The molecule has 2 rings (SSSR count). The lowest BCUT2D eigenvalue weighted by molar-refractivity contribution is 0.0700. The number of carbonyl (C=O) groups is 2. The highest BCUT2D eigenvalue weighted by Crippen LogP contribution is 2.20. The van der Waals surface area contributed by atoms with Gasteiger partial charge in [-0.2, -0.15) is 10.2 Å². The Morgan fingerprint density at radius 2 is 0.926 bits per heavy atom. The molecule has 0 saturated carbocycles. The monoisotopic (exact) mass is 808 g/mol. The predicted molar refractivity (Wildman–Crippen MR) is 215 cm³/mol. The van der Waals surface area contributed by atoms with E-state index in [2.05, 4.69) is 31.7 Å². The van der Waals surface area contributed by atoms with Crippen LogP contribution in [0.2, 0.25) is 12.1 Å². The molecule has 0 aliphatic heterocycles. The first-order chi connectivity index (χ1) is 26.2. The second-order valence-corrected chi connectivity index (χ2v) is 16.8. The van der Waals surface area contributed by atoms with Crippen molar-refractivity contribution in [1.29, 1.82) is 0 Å². The Morgan fingerprint density at radius 3 is 1.26 bits per heavy atom. The molecule has 16 nitrogen and oxygen atoms in total. The van der Waals surface area contributed by atoms with Crippen LogP contribution in [0.5, 0.6) is 11.5 Å². The zero-order valence-corrected chi connectivity index (χ0v) is 35.0. The van der Waals surface area contributed by atoms with Gasteiger partial charge in [-0.3, -0.25) is 10.9 Å². The average molecular weight is 809 g/mol. The smallest absolute Gasteiger partial charge is 0.410 e. The Labute approximate surface area is 326 Å². The summed E-state index contributed by atoms with van der Waals surface area (Å²) in [5.74, 6) is 0.604. The molecule has 0 atom stereocenters. The van der Waals surface area contributed by atoms with Gasteiger partial charge in [-0.05, 0) is 90.9 Å². The van der Waals surface area contributed by atoms with Gasteiger partial charge in [0.25, 0.3) is 0 Å². The Kier molecular flexibility index (Phi) is 23.1. The van der Waals surface area contributed by atoms with Crippen molar-refractivity contribution in [3.63, 3.8) is 0 Å². The van der Waals surface area contributed by atoms with Crippen molar-refractivity contribution >= 4 is 59.6 Å². The van der Waals surface area contributed by atoms with E-state index in [4.69, 9.17) is 48.2 Å². The lowest BCUT2D eigenvalue weighted by Gasteiger charge is -2.28. The minimum Gasteiger partial charge on any atom is -0.410 e. The van der Waals surface area contributed by atoms with E-state index in [1.807, 2.05) is 41.5 Å². The van der Waals surface area contributed by atoms with E-state index in [1.54, 1.807) is 48.5 Å². The number of thiocarbonyl (C=S) groups is 1. The van der Waals surface area contributed by atoms with Crippen molar-refractivity contribution < 1.29 is 45.6 Å². The van der Waals surface area contributed by atoms with Crippen molar-refractivity contribution in [2.24, 2.45) is 10.2 Å². The predicted octanol–water partition coefficient (Wildman–Crippen LogP) is 5.57. The fourth-order valence-electron chi connectivity index (χ4n) is 4.97. The van der Waals surface area contributed by atoms with E-state index in [0.29, 0.717) is 100 Å². The van der Waals surface area contributed by atoms with E-state index in [0.717, 1.165) is 0 Å². The van der Waals surface area contributed by atoms with Gasteiger partial charge in [-0.15, -0.1) is 0 Å². The molecule has 0 aliphatic rings. The maximum absolute atomic E-state index is 12.6. The van der Waals surface area contributed by atoms with E-state index in [9.17, 15) is 9.59 Å². The number of para-hydroxylation sites is 2. The molecular formula is C35H56N6O10SSi2. The average Bonchev–Trinajstić information content (AvgIpc) is 3.14. The van der Waals surface area contributed by atoms with Crippen molar-refractivity contribution in [3.8, 4) is 11.5 Å². The lowest BCUT2D eigenvalue weighted by Crippen LogP contribution is -2.46. The van der Waals surface area contributed by atoms with E-state index in [1.165, 1.54) is 12.4 Å². The first-order valence-electron chi connectivity index (χ1n) is 18.2. The van der Waals surface area contributed by atoms with Crippen LogP contribution in [-0.4, -0.2) is 100 Å². The molecule has 2 aromatic carbocycles. The fourth-order valence-corrected chi connectivity index (χ4v) is 10.3. The molecule has 0 spiro atoms. The molecule has 19 heteroatoms. The Balaban J connectivity index is 1.84. The molecule has 0 radical (unpaired) electrons. The van der Waals surface area contributed by atoms with Crippen LogP contribution in [0.25, 0.3) is 0 Å². The normalized spacial score (nSPS) is 11.8. The second kappa shape index (κ2) is 26.9. The molecule has 2 amide bonds. The summed E-state index contributed by atoms with van der Waals surface area (Å²) >= 11 is 5.27. The topological polar surface area (TPSA) is 181 Å². The molecule has 0 saturated heterocycles. The summed E-state index contributed by atoms with van der Waals surface area (Å²) in [6, 6.07) is 15.0. The van der Waals surface area contributed by atoms with Gasteiger partial charge in [0.15, 0.2) is 0 Å². The highest BCUT2D eigenvalue weighted by molar-refractivity contribution is 7.80. The van der Waals surface area contributed by atoms with Gasteiger partial charge in [0.05, 0.1) is 12.4 Å². The number of rotatable bonds is 26. The molecule has 0 fully saturated rings. The summed E-state index contributed by atoms with van der Waals surface area (Å²) in [5.41, 5.74) is 6.39. The van der Waals surface area contributed by atoms with Gasteiger partial charge < -0.3 is 46.7 Å². The third-order valence-electron chi connectivity index (χ3n) is 7.03. The zero-order chi connectivity index (χ0) is 39.5. The van der Waals surface area contributed by atoms with Crippen molar-refractivity contribution in [2.45, 2.75) is 66.5 Å². The summed E-state index contributed by atoms with van der Waals surface area (Å²) in [6.45, 7) is 15.0. The number of hydrogen-bond acceptors (Lipinski definition) is 13. The number of nitrogens with one attached hydrogen (secondary N) is 4. The number of nitrogens with zero attached hydrogens (tertiary/aromatic N) is 2. The quantitative estimate of drug-likeness (QED) is 0.0305. The largest absolute Gasteiger partial charge is 0.500 e. The lowest BCUT2D eigenvalue weighted by atomic mass is 10.2. The number of hydrazone groups is 2. The number of amides is 2. The van der Waals surface area contributed by atoms with Crippen LogP contribution in [0, 0.1) is 0 Å². The molecule has 2 aromatic rings. The zero-order valence-electron chi connectivity index (χ0n) is 32.1. The van der Waals surface area contributed by atoms with Crippen LogP contribution in [0.3, 0.4) is 0 Å². The Morgan fingerprint density at radius 1 is 0.593 bits per heavy atom. The molecule has 4 N–H and O–H groups in total. The molecule has 0 aliphatic carbocycles. The van der Waals surface area contributed by atoms with Crippen LogP contribution in [0.1, 0.15) is 65.5 Å². The van der Waals surface area contributed by atoms with E-state index in [-0.39, 0.29) is 5.11 Å². The minimum atomic E-state index is -2.79. The first kappa shape index (κ1) is 46.4. The van der Waals surface area contributed by atoms with Gasteiger partial charge in [0.2, 0.25) is 5.11 Å². The summed E-state index contributed by atoms with van der Waals surface area (Å²) in [6.07, 6.45) is 2.88. The number of hydrogen-bond donors (Lipinski definition) is 4. The van der Waals surface area contributed by atoms with Crippen molar-refractivity contribution in [2.75, 3.05) is 52.7 Å². The van der Waals surface area contributed by atoms with E-state index >= 15 is 0 Å². The van der Waals surface area contributed by atoms with Gasteiger partial charge in [-0.1, -0.05) is 24.3 Å². The number of carbonyl (C=O) groups excluding carboxylic acids is 2. The third-order valence-corrected chi connectivity index (χ3v) is 13.5. The summed E-state index contributed by atoms with van der Waals surface area (Å²) in [5, 5.41) is 13.9. The maximum Gasteiger partial charge on any atom is 0.500 e. The van der Waals surface area contributed by atoms with Gasteiger partial charge in [0.1, 0.15) is 11.5 Å². The van der Waals surface area contributed by atoms with Crippen LogP contribution in [0.15, 0.2) is 58.7 Å². The number of benzene rings is 2. The van der Waals surface area contributed by atoms with Crippen LogP contribution >= 0.6 is 12.2 Å². The third kappa shape index (κ3) is 17.6. The van der Waals surface area contributed by atoms with Gasteiger partial charge in [0, 0.05) is 75.9 Å².